The number of carbonyl (C=O) groups is 1. The molecule has 0 unspecified atom stereocenters. The Morgan fingerprint density at radius 2 is 1.66 bits per heavy atom. The maximum Gasteiger partial charge on any atom is 0.416 e. The molecule has 32 heavy (non-hydrogen) atoms. The number of amides is 1. The molecule has 3 nitrogen and oxygen atoms in total. The van der Waals surface area contributed by atoms with E-state index in [0.717, 1.165) is 28.3 Å². The molecule has 0 saturated carbocycles. The van der Waals surface area contributed by atoms with Gasteiger partial charge in [0.25, 0.3) is 0 Å². The predicted molar refractivity (Wildman–Crippen MR) is 122 cm³/mol. The van der Waals surface area contributed by atoms with Crippen LogP contribution in [0.1, 0.15) is 10.4 Å². The summed E-state index contributed by atoms with van der Waals surface area (Å²) in [6.45, 7) is 0. The first-order valence-electron chi connectivity index (χ1n) is 9.58. The van der Waals surface area contributed by atoms with Crippen LogP contribution in [0.15, 0.2) is 78.9 Å². The molecule has 0 fully saturated rings. The lowest BCUT2D eigenvalue weighted by molar-refractivity contribution is -0.137. The van der Waals surface area contributed by atoms with E-state index < -0.39 is 17.6 Å². The molecular weight excluding hydrogens is 457 g/mol. The van der Waals surface area contributed by atoms with Crippen LogP contribution in [0, 0.1) is 0 Å². The molecule has 0 radical (unpaired) electrons. The van der Waals surface area contributed by atoms with Gasteiger partial charge >= 0.3 is 6.18 Å². The van der Waals surface area contributed by atoms with Crippen molar-refractivity contribution in [3.05, 3.63) is 94.3 Å². The summed E-state index contributed by atoms with van der Waals surface area (Å²) in [5.41, 5.74) is 1.66. The SMILES string of the molecule is O=C(Cc1sc(-c2ccc(Cl)cc2)nc1-c1ccccc1)Nc1cccc(C(F)(F)F)c1. The number of anilines is 1. The molecule has 1 aromatic heterocycles. The molecule has 0 aliphatic carbocycles. The number of aromatic nitrogens is 1. The van der Waals surface area contributed by atoms with Gasteiger partial charge in [0, 0.05) is 26.7 Å². The molecule has 1 heterocycles. The molecule has 8 heteroatoms. The third-order valence-electron chi connectivity index (χ3n) is 4.63. The fourth-order valence-corrected chi connectivity index (χ4v) is 4.35. The molecule has 162 valence electrons. The number of halogens is 4. The quantitative estimate of drug-likeness (QED) is 0.330. The second-order valence-electron chi connectivity index (χ2n) is 6.97. The topological polar surface area (TPSA) is 42.0 Å². The van der Waals surface area contributed by atoms with Gasteiger partial charge in [-0.05, 0) is 30.3 Å². The normalized spacial score (nSPS) is 11.4. The highest BCUT2D eigenvalue weighted by Gasteiger charge is 2.30. The van der Waals surface area contributed by atoms with Gasteiger partial charge in [-0.25, -0.2) is 4.98 Å². The number of rotatable bonds is 5. The largest absolute Gasteiger partial charge is 0.416 e. The van der Waals surface area contributed by atoms with Crippen LogP contribution < -0.4 is 5.32 Å². The lowest BCUT2D eigenvalue weighted by Crippen LogP contribution is -2.15. The van der Waals surface area contributed by atoms with Crippen LogP contribution in [-0.4, -0.2) is 10.9 Å². The molecule has 0 spiro atoms. The highest BCUT2D eigenvalue weighted by Crippen LogP contribution is 2.35. The van der Waals surface area contributed by atoms with Gasteiger partial charge in [-0.1, -0.05) is 60.1 Å². The van der Waals surface area contributed by atoms with Crippen LogP contribution in [0.2, 0.25) is 5.02 Å². The molecule has 0 bridgehead atoms. The molecule has 1 N–H and O–H groups in total. The third-order valence-corrected chi connectivity index (χ3v) is 5.99. The molecule has 3 aromatic carbocycles. The first-order valence-corrected chi connectivity index (χ1v) is 10.8. The second-order valence-corrected chi connectivity index (χ2v) is 8.49. The minimum Gasteiger partial charge on any atom is -0.326 e. The van der Waals surface area contributed by atoms with Crippen molar-refractivity contribution in [3.8, 4) is 21.8 Å². The van der Waals surface area contributed by atoms with Gasteiger partial charge in [-0.3, -0.25) is 4.79 Å². The van der Waals surface area contributed by atoms with Crippen molar-refractivity contribution in [1.29, 1.82) is 0 Å². The van der Waals surface area contributed by atoms with Crippen LogP contribution in [0.25, 0.3) is 21.8 Å². The number of hydrogen-bond acceptors (Lipinski definition) is 3. The first kappa shape index (κ1) is 22.0. The number of thiazole rings is 1. The smallest absolute Gasteiger partial charge is 0.326 e. The highest BCUT2D eigenvalue weighted by atomic mass is 35.5. The van der Waals surface area contributed by atoms with Crippen LogP contribution in [0.5, 0.6) is 0 Å². The zero-order valence-corrected chi connectivity index (χ0v) is 18.1. The summed E-state index contributed by atoms with van der Waals surface area (Å²) in [5.74, 6) is -0.423. The predicted octanol–water partition coefficient (Wildman–Crippen LogP) is 7.33. The zero-order valence-electron chi connectivity index (χ0n) is 16.5. The number of hydrogen-bond donors (Lipinski definition) is 1. The van der Waals surface area contributed by atoms with E-state index in [2.05, 4.69) is 5.32 Å². The van der Waals surface area contributed by atoms with Gasteiger partial charge in [-0.2, -0.15) is 13.2 Å². The number of carbonyl (C=O) groups excluding carboxylic acids is 1. The number of alkyl halides is 3. The summed E-state index contributed by atoms with van der Waals surface area (Å²) in [6, 6.07) is 21.2. The molecule has 0 atom stereocenters. The summed E-state index contributed by atoms with van der Waals surface area (Å²) in [5, 5.41) is 3.89. The van der Waals surface area contributed by atoms with E-state index in [0.29, 0.717) is 15.6 Å². The molecule has 4 rings (SSSR count). The maximum absolute atomic E-state index is 13.0. The lowest BCUT2D eigenvalue weighted by atomic mass is 10.1. The number of nitrogens with zero attached hydrogens (tertiary/aromatic N) is 1. The Kier molecular flexibility index (Phi) is 6.30. The van der Waals surface area contributed by atoms with Crippen molar-refractivity contribution in [2.75, 3.05) is 5.32 Å². The fourth-order valence-electron chi connectivity index (χ4n) is 3.13. The third kappa shape index (κ3) is 5.18. The van der Waals surface area contributed by atoms with Crippen molar-refractivity contribution >= 4 is 34.5 Å². The Morgan fingerprint density at radius 1 is 0.938 bits per heavy atom. The van der Waals surface area contributed by atoms with Crippen molar-refractivity contribution < 1.29 is 18.0 Å². The Morgan fingerprint density at radius 3 is 2.34 bits per heavy atom. The zero-order chi connectivity index (χ0) is 22.7. The van der Waals surface area contributed by atoms with Gasteiger partial charge in [0.1, 0.15) is 5.01 Å². The Balaban J connectivity index is 1.62. The summed E-state index contributed by atoms with van der Waals surface area (Å²) in [7, 11) is 0. The van der Waals surface area contributed by atoms with Crippen molar-refractivity contribution in [2.24, 2.45) is 0 Å². The van der Waals surface area contributed by atoms with Crippen LogP contribution >= 0.6 is 22.9 Å². The Hall–Kier alpha value is -3.16. The van der Waals surface area contributed by atoms with E-state index in [1.807, 2.05) is 42.5 Å². The minimum absolute atomic E-state index is 0.0221. The highest BCUT2D eigenvalue weighted by molar-refractivity contribution is 7.15. The summed E-state index contributed by atoms with van der Waals surface area (Å²) in [4.78, 5) is 18.1. The minimum atomic E-state index is -4.48. The summed E-state index contributed by atoms with van der Waals surface area (Å²) in [6.07, 6.45) is -4.50. The van der Waals surface area contributed by atoms with E-state index in [9.17, 15) is 18.0 Å². The Bertz CT molecular complexity index is 1240. The van der Waals surface area contributed by atoms with E-state index in [-0.39, 0.29) is 12.1 Å². The van der Waals surface area contributed by atoms with Crippen LogP contribution in [0.4, 0.5) is 18.9 Å². The molecule has 1 amide bonds. The summed E-state index contributed by atoms with van der Waals surface area (Å²) < 4.78 is 38.9. The van der Waals surface area contributed by atoms with Gasteiger partial charge in [0.05, 0.1) is 17.7 Å². The van der Waals surface area contributed by atoms with Gasteiger partial charge < -0.3 is 5.32 Å². The number of nitrogens with one attached hydrogen (secondary N) is 1. The van der Waals surface area contributed by atoms with Crippen LogP contribution in [-0.2, 0) is 17.4 Å². The molecular formula is C24H16ClF3N2OS. The van der Waals surface area contributed by atoms with E-state index in [1.54, 1.807) is 12.1 Å². The standard InChI is InChI=1S/C24H16ClF3N2OS/c25-18-11-9-16(10-12-18)23-30-22(15-5-2-1-3-6-15)20(32-23)14-21(31)29-19-8-4-7-17(13-19)24(26,27)28/h1-13H,14H2,(H,29,31). The van der Waals surface area contributed by atoms with Crippen molar-refractivity contribution in [1.82, 2.24) is 4.98 Å². The first-order chi connectivity index (χ1) is 15.3. The molecule has 0 aliphatic heterocycles. The molecule has 4 aromatic rings. The summed E-state index contributed by atoms with van der Waals surface area (Å²) >= 11 is 7.34. The maximum atomic E-state index is 13.0. The van der Waals surface area contributed by atoms with E-state index in [4.69, 9.17) is 16.6 Å². The van der Waals surface area contributed by atoms with Crippen molar-refractivity contribution in [3.63, 3.8) is 0 Å². The molecule has 0 aliphatic rings. The Labute approximate surface area is 191 Å². The lowest BCUT2D eigenvalue weighted by Gasteiger charge is -2.10. The van der Waals surface area contributed by atoms with Gasteiger partial charge in [-0.15, -0.1) is 11.3 Å². The van der Waals surface area contributed by atoms with Crippen molar-refractivity contribution in [2.45, 2.75) is 12.6 Å². The van der Waals surface area contributed by atoms with Gasteiger partial charge in [0.2, 0.25) is 5.91 Å². The monoisotopic (exact) mass is 472 g/mol. The molecule has 0 saturated heterocycles. The fraction of sp³-hybridized carbons (Fsp3) is 0.0833. The average molecular weight is 473 g/mol. The van der Waals surface area contributed by atoms with E-state index in [1.165, 1.54) is 23.5 Å². The van der Waals surface area contributed by atoms with E-state index >= 15 is 0 Å². The van der Waals surface area contributed by atoms with Crippen LogP contribution in [0.3, 0.4) is 0 Å². The second kappa shape index (κ2) is 9.14. The average Bonchev–Trinajstić information content (AvgIpc) is 3.18. The number of benzene rings is 3. The van der Waals surface area contributed by atoms with Gasteiger partial charge in [0.15, 0.2) is 0 Å².